The summed E-state index contributed by atoms with van der Waals surface area (Å²) in [4.78, 5) is 23.6. The smallest absolute Gasteiger partial charge is 0.262 e. The van der Waals surface area contributed by atoms with Gasteiger partial charge in [-0.25, -0.2) is 8.42 Å². The van der Waals surface area contributed by atoms with Gasteiger partial charge in [-0.1, -0.05) is 32.0 Å². The predicted molar refractivity (Wildman–Crippen MR) is 106 cm³/mol. The third-order valence-corrected chi connectivity index (χ3v) is 6.02. The molecule has 8 nitrogen and oxygen atoms in total. The van der Waals surface area contributed by atoms with Crippen LogP contribution in [0.15, 0.2) is 53.4 Å². The molecule has 2 amide bonds. The van der Waals surface area contributed by atoms with E-state index in [4.69, 9.17) is 10.5 Å². The molecule has 0 aliphatic rings. The van der Waals surface area contributed by atoms with Crippen LogP contribution in [0.25, 0.3) is 0 Å². The molecule has 0 heterocycles. The number of carbonyl (C=O) groups is 2. The molecular weight excluding hydrogens is 382 g/mol. The average molecular weight is 405 g/mol. The zero-order valence-corrected chi connectivity index (χ0v) is 16.5. The molecule has 0 saturated carbocycles. The average Bonchev–Trinajstić information content (AvgIpc) is 2.67. The molecule has 2 aromatic rings. The summed E-state index contributed by atoms with van der Waals surface area (Å²) >= 11 is 0. The number of para-hydroxylation sites is 1. The lowest BCUT2D eigenvalue weighted by molar-refractivity contribution is -0.118. The number of hydrogen-bond donors (Lipinski definition) is 2. The molecule has 0 spiro atoms. The van der Waals surface area contributed by atoms with E-state index in [9.17, 15) is 18.0 Å². The van der Waals surface area contributed by atoms with Crippen LogP contribution in [0, 0.1) is 0 Å². The summed E-state index contributed by atoms with van der Waals surface area (Å²) in [6.45, 7) is 3.85. The molecule has 28 heavy (non-hydrogen) atoms. The van der Waals surface area contributed by atoms with Gasteiger partial charge in [-0.05, 0) is 30.3 Å². The minimum atomic E-state index is -3.63. The molecule has 0 bridgehead atoms. The van der Waals surface area contributed by atoms with Gasteiger partial charge >= 0.3 is 0 Å². The summed E-state index contributed by atoms with van der Waals surface area (Å²) in [5, 5.41) is 2.59. The second-order valence-electron chi connectivity index (χ2n) is 5.81. The van der Waals surface area contributed by atoms with Crippen molar-refractivity contribution in [2.75, 3.05) is 25.0 Å². The van der Waals surface area contributed by atoms with Crippen molar-refractivity contribution in [2.24, 2.45) is 5.73 Å². The summed E-state index contributed by atoms with van der Waals surface area (Å²) in [6.07, 6.45) is 0. The van der Waals surface area contributed by atoms with Gasteiger partial charge in [0.25, 0.3) is 11.8 Å². The van der Waals surface area contributed by atoms with Crippen molar-refractivity contribution in [2.45, 2.75) is 18.7 Å². The number of nitrogens with one attached hydrogen (secondary N) is 1. The van der Waals surface area contributed by atoms with Crippen molar-refractivity contribution in [3.05, 3.63) is 54.1 Å². The number of primary amides is 1. The monoisotopic (exact) mass is 405 g/mol. The van der Waals surface area contributed by atoms with Crippen LogP contribution >= 0.6 is 0 Å². The maximum absolute atomic E-state index is 12.6. The van der Waals surface area contributed by atoms with E-state index in [1.807, 2.05) is 0 Å². The van der Waals surface area contributed by atoms with Crippen molar-refractivity contribution < 1.29 is 22.7 Å². The van der Waals surface area contributed by atoms with Gasteiger partial charge in [-0.15, -0.1) is 0 Å². The van der Waals surface area contributed by atoms with E-state index in [1.54, 1.807) is 38.1 Å². The number of nitrogens with zero attached hydrogens (tertiary/aromatic N) is 1. The van der Waals surface area contributed by atoms with E-state index in [-0.39, 0.29) is 22.8 Å². The Morgan fingerprint density at radius 2 is 1.75 bits per heavy atom. The molecule has 2 aromatic carbocycles. The van der Waals surface area contributed by atoms with Crippen molar-refractivity contribution in [1.82, 2.24) is 4.31 Å². The van der Waals surface area contributed by atoms with Gasteiger partial charge in [0, 0.05) is 18.8 Å². The van der Waals surface area contributed by atoms with Gasteiger partial charge in [0.15, 0.2) is 6.61 Å². The first-order valence-electron chi connectivity index (χ1n) is 8.71. The molecule has 9 heteroatoms. The van der Waals surface area contributed by atoms with Crippen LogP contribution in [0.4, 0.5) is 5.69 Å². The van der Waals surface area contributed by atoms with Gasteiger partial charge in [-0.3, -0.25) is 9.59 Å². The summed E-state index contributed by atoms with van der Waals surface area (Å²) in [5.74, 6) is -0.968. The fourth-order valence-electron chi connectivity index (χ4n) is 2.58. The molecule has 0 saturated heterocycles. The Morgan fingerprint density at radius 1 is 1.07 bits per heavy atom. The van der Waals surface area contributed by atoms with Gasteiger partial charge in [-0.2, -0.15) is 4.31 Å². The molecule has 150 valence electrons. The first-order chi connectivity index (χ1) is 13.3. The lowest BCUT2D eigenvalue weighted by atomic mass is 10.2. The largest absolute Gasteiger partial charge is 0.483 e. The van der Waals surface area contributed by atoms with Crippen LogP contribution in [0.1, 0.15) is 24.2 Å². The Balaban J connectivity index is 2.09. The highest BCUT2D eigenvalue weighted by Crippen LogP contribution is 2.20. The van der Waals surface area contributed by atoms with Crippen molar-refractivity contribution in [3.63, 3.8) is 0 Å². The quantitative estimate of drug-likeness (QED) is 0.660. The first-order valence-corrected chi connectivity index (χ1v) is 10.1. The van der Waals surface area contributed by atoms with Crippen LogP contribution in [0.3, 0.4) is 0 Å². The molecule has 0 aliphatic heterocycles. The van der Waals surface area contributed by atoms with Crippen molar-refractivity contribution >= 4 is 27.5 Å². The van der Waals surface area contributed by atoms with Crippen LogP contribution in [-0.2, 0) is 14.8 Å². The van der Waals surface area contributed by atoms with E-state index in [1.165, 1.54) is 28.6 Å². The number of anilines is 1. The Labute approximate surface area is 164 Å². The van der Waals surface area contributed by atoms with Crippen LogP contribution < -0.4 is 15.8 Å². The van der Waals surface area contributed by atoms with E-state index < -0.39 is 21.8 Å². The molecule has 3 N–H and O–H groups in total. The second kappa shape index (κ2) is 9.34. The summed E-state index contributed by atoms with van der Waals surface area (Å²) in [5.41, 5.74) is 5.76. The predicted octanol–water partition coefficient (Wildman–Crippen LogP) is 1.83. The number of benzene rings is 2. The highest BCUT2D eigenvalue weighted by Gasteiger charge is 2.22. The highest BCUT2D eigenvalue weighted by atomic mass is 32.2. The number of hydrogen-bond acceptors (Lipinski definition) is 5. The van der Waals surface area contributed by atoms with Crippen LogP contribution in [-0.4, -0.2) is 44.2 Å². The third-order valence-electron chi connectivity index (χ3n) is 3.97. The highest BCUT2D eigenvalue weighted by molar-refractivity contribution is 7.89. The van der Waals surface area contributed by atoms with Crippen molar-refractivity contribution in [3.8, 4) is 5.75 Å². The fraction of sp³-hybridized carbons (Fsp3) is 0.263. The van der Waals surface area contributed by atoms with E-state index >= 15 is 0 Å². The molecule has 2 rings (SSSR count). The molecule has 0 unspecified atom stereocenters. The Hall–Kier alpha value is -2.91. The number of ether oxygens (including phenoxy) is 1. The first kappa shape index (κ1) is 21.4. The molecule has 0 aliphatic carbocycles. The lowest BCUT2D eigenvalue weighted by Gasteiger charge is -2.18. The normalized spacial score (nSPS) is 11.2. The van der Waals surface area contributed by atoms with Gasteiger partial charge in [0.2, 0.25) is 10.0 Å². The van der Waals surface area contributed by atoms with Gasteiger partial charge in [0.1, 0.15) is 5.75 Å². The summed E-state index contributed by atoms with van der Waals surface area (Å²) in [6, 6.07) is 12.3. The zero-order valence-electron chi connectivity index (χ0n) is 15.7. The molecular formula is C19H23N3O5S. The van der Waals surface area contributed by atoms with E-state index in [0.717, 1.165) is 0 Å². The Bertz CT molecular complexity index is 956. The van der Waals surface area contributed by atoms with Gasteiger partial charge in [0.05, 0.1) is 10.5 Å². The topological polar surface area (TPSA) is 119 Å². The number of carbonyl (C=O) groups excluding carboxylic acids is 2. The number of sulfonamides is 1. The molecule has 0 atom stereocenters. The Kier molecular flexibility index (Phi) is 7.13. The van der Waals surface area contributed by atoms with Crippen molar-refractivity contribution in [1.29, 1.82) is 0 Å². The SMILES string of the molecule is CCN(CC)S(=O)(=O)c1cccc(NC(=O)COc2ccccc2C(N)=O)c1. The number of rotatable bonds is 9. The summed E-state index contributed by atoms with van der Waals surface area (Å²) in [7, 11) is -3.63. The van der Waals surface area contributed by atoms with Crippen LogP contribution in [0.2, 0.25) is 0 Å². The second-order valence-corrected chi connectivity index (χ2v) is 7.75. The maximum atomic E-state index is 12.6. The van der Waals surface area contributed by atoms with Gasteiger partial charge < -0.3 is 15.8 Å². The van der Waals surface area contributed by atoms with E-state index in [0.29, 0.717) is 18.8 Å². The minimum absolute atomic E-state index is 0.0917. The standard InChI is InChI=1S/C19H23N3O5S/c1-3-22(4-2)28(25,26)15-9-7-8-14(12-15)21-18(23)13-27-17-11-6-5-10-16(17)19(20)24/h5-12H,3-4,13H2,1-2H3,(H2,20,24)(H,21,23). The Morgan fingerprint density at radius 3 is 2.39 bits per heavy atom. The summed E-state index contributed by atoms with van der Waals surface area (Å²) < 4.78 is 31.9. The molecule has 0 fully saturated rings. The minimum Gasteiger partial charge on any atom is -0.483 e. The van der Waals surface area contributed by atoms with E-state index in [2.05, 4.69) is 5.32 Å². The molecule has 0 radical (unpaired) electrons. The lowest BCUT2D eigenvalue weighted by Crippen LogP contribution is -2.30. The fourth-order valence-corrected chi connectivity index (χ4v) is 4.09. The zero-order chi connectivity index (χ0) is 20.7. The molecule has 0 aromatic heterocycles. The van der Waals surface area contributed by atoms with Crippen LogP contribution in [0.5, 0.6) is 5.75 Å². The maximum Gasteiger partial charge on any atom is 0.262 e. The number of nitrogens with two attached hydrogens (primary N) is 1. The number of amides is 2. The third kappa shape index (κ3) is 5.08.